The SMILES string of the molecule is CS(=O)c1cn(-c2ncc(-c3cc(NCC4CC4)ccn3)cn2)c2cc(C(=O)N3CCOCC3)ccc12. The maximum absolute atomic E-state index is 13.1. The summed E-state index contributed by atoms with van der Waals surface area (Å²) in [7, 11) is -1.22. The van der Waals surface area contributed by atoms with Crippen molar-refractivity contribution < 1.29 is 13.7 Å². The van der Waals surface area contributed by atoms with Gasteiger partial charge in [0.25, 0.3) is 5.91 Å². The van der Waals surface area contributed by atoms with Gasteiger partial charge in [0.05, 0.1) is 40.1 Å². The molecule has 9 nitrogen and oxygen atoms in total. The molecule has 37 heavy (non-hydrogen) atoms. The summed E-state index contributed by atoms with van der Waals surface area (Å²) < 4.78 is 19.7. The van der Waals surface area contributed by atoms with E-state index < -0.39 is 10.8 Å². The summed E-state index contributed by atoms with van der Waals surface area (Å²) in [5.41, 5.74) is 3.93. The van der Waals surface area contributed by atoms with Gasteiger partial charge in [-0.25, -0.2) is 9.97 Å². The zero-order chi connectivity index (χ0) is 25.4. The Hall–Kier alpha value is -3.63. The lowest BCUT2D eigenvalue weighted by molar-refractivity contribution is 0.0303. The van der Waals surface area contributed by atoms with Gasteiger partial charge in [-0.05, 0) is 43.0 Å². The van der Waals surface area contributed by atoms with E-state index in [9.17, 15) is 9.00 Å². The summed E-state index contributed by atoms with van der Waals surface area (Å²) in [5.74, 6) is 1.17. The maximum atomic E-state index is 13.1. The van der Waals surface area contributed by atoms with E-state index in [2.05, 4.69) is 20.3 Å². The van der Waals surface area contributed by atoms with Gasteiger partial charge in [-0.3, -0.25) is 18.6 Å². The van der Waals surface area contributed by atoms with Crippen LogP contribution >= 0.6 is 0 Å². The average molecular weight is 517 g/mol. The predicted molar refractivity (Wildman–Crippen MR) is 142 cm³/mol. The fraction of sp³-hybridized carbons (Fsp3) is 0.333. The highest BCUT2D eigenvalue weighted by Crippen LogP contribution is 2.30. The Kier molecular flexibility index (Phi) is 6.43. The second-order valence-corrected chi connectivity index (χ2v) is 10.8. The molecule has 0 spiro atoms. The third-order valence-corrected chi connectivity index (χ3v) is 7.77. The number of benzene rings is 1. The number of morpholine rings is 1. The number of fused-ring (bicyclic) bond motifs is 1. The first-order chi connectivity index (χ1) is 18.1. The summed E-state index contributed by atoms with van der Waals surface area (Å²) in [5, 5.41) is 4.28. The highest BCUT2D eigenvalue weighted by molar-refractivity contribution is 7.84. The van der Waals surface area contributed by atoms with Crippen LogP contribution in [0.25, 0.3) is 28.1 Å². The van der Waals surface area contributed by atoms with Crippen molar-refractivity contribution in [3.63, 3.8) is 0 Å². The summed E-state index contributed by atoms with van der Waals surface area (Å²) in [6.07, 6.45) is 11.3. The van der Waals surface area contributed by atoms with Crippen molar-refractivity contribution in [3.8, 4) is 17.2 Å². The highest BCUT2D eigenvalue weighted by Gasteiger charge is 2.22. The van der Waals surface area contributed by atoms with Crippen LogP contribution in [0.4, 0.5) is 5.69 Å². The third-order valence-electron chi connectivity index (χ3n) is 6.83. The Balaban J connectivity index is 1.32. The molecule has 6 rings (SSSR count). The molecule has 2 aliphatic rings. The highest BCUT2D eigenvalue weighted by atomic mass is 32.2. The van der Waals surface area contributed by atoms with Gasteiger partial charge in [0.1, 0.15) is 0 Å². The number of pyridine rings is 1. The van der Waals surface area contributed by atoms with E-state index in [1.165, 1.54) is 12.8 Å². The first kappa shape index (κ1) is 23.7. The minimum atomic E-state index is -1.22. The van der Waals surface area contributed by atoms with Crippen LogP contribution in [0, 0.1) is 5.92 Å². The second kappa shape index (κ2) is 10.0. The first-order valence-electron chi connectivity index (χ1n) is 12.4. The molecule has 10 heteroatoms. The number of nitrogens with zero attached hydrogens (tertiary/aromatic N) is 5. The molecule has 3 aromatic heterocycles. The molecule has 2 fully saturated rings. The molecule has 1 N–H and O–H groups in total. The molecule has 1 amide bonds. The van der Waals surface area contributed by atoms with E-state index in [0.717, 1.165) is 40.3 Å². The minimum absolute atomic E-state index is 0.0466. The van der Waals surface area contributed by atoms with Crippen LogP contribution in [0.1, 0.15) is 23.2 Å². The third kappa shape index (κ3) is 4.99. The van der Waals surface area contributed by atoms with Crippen LogP contribution in [-0.2, 0) is 15.5 Å². The van der Waals surface area contributed by atoms with E-state index in [4.69, 9.17) is 4.74 Å². The van der Waals surface area contributed by atoms with E-state index >= 15 is 0 Å². The standard InChI is InChI=1S/C27H28N6O3S/c1-37(35)25-17-33(24-12-19(4-5-22(24)25)26(34)32-8-10-36-11-9-32)27-30-15-20(16-31-27)23-13-21(6-7-28-23)29-14-18-2-3-18/h4-7,12-13,15-18H,2-3,8-11,14H2,1H3,(H,28,29). The number of anilines is 1. The van der Waals surface area contributed by atoms with Crippen molar-refractivity contribution in [2.24, 2.45) is 5.92 Å². The number of amides is 1. The molecule has 1 unspecified atom stereocenters. The molecule has 1 saturated heterocycles. The zero-order valence-electron chi connectivity index (χ0n) is 20.6. The lowest BCUT2D eigenvalue weighted by atomic mass is 10.1. The molecule has 1 aromatic carbocycles. The van der Waals surface area contributed by atoms with Crippen LogP contribution in [0.2, 0.25) is 0 Å². The Morgan fingerprint density at radius 3 is 2.62 bits per heavy atom. The number of hydrogen-bond donors (Lipinski definition) is 1. The number of nitrogens with one attached hydrogen (secondary N) is 1. The van der Waals surface area contributed by atoms with Gasteiger partial charge >= 0.3 is 0 Å². The fourth-order valence-corrected chi connectivity index (χ4v) is 5.27. The quantitative estimate of drug-likeness (QED) is 0.401. The molecule has 1 saturated carbocycles. The van der Waals surface area contributed by atoms with Gasteiger partial charge < -0.3 is 15.0 Å². The number of carbonyl (C=O) groups excluding carboxylic acids is 1. The Morgan fingerprint density at radius 1 is 1.11 bits per heavy atom. The van der Waals surface area contributed by atoms with Crippen molar-refractivity contribution >= 4 is 33.3 Å². The molecule has 4 aromatic rings. The number of aromatic nitrogens is 4. The molecule has 190 valence electrons. The van der Waals surface area contributed by atoms with Gasteiger partial charge in [-0.15, -0.1) is 0 Å². The number of carbonyl (C=O) groups is 1. The number of ether oxygens (including phenoxy) is 1. The fourth-order valence-electron chi connectivity index (χ4n) is 4.53. The lowest BCUT2D eigenvalue weighted by Crippen LogP contribution is -2.40. The Labute approximate surface area is 217 Å². The second-order valence-electron chi connectivity index (χ2n) is 9.48. The largest absolute Gasteiger partial charge is 0.385 e. The normalized spacial score (nSPS) is 16.6. The smallest absolute Gasteiger partial charge is 0.254 e. The molecule has 1 aliphatic heterocycles. The minimum Gasteiger partial charge on any atom is -0.385 e. The Morgan fingerprint density at radius 2 is 1.89 bits per heavy atom. The van der Waals surface area contributed by atoms with E-state index in [-0.39, 0.29) is 5.91 Å². The van der Waals surface area contributed by atoms with Gasteiger partial charge in [0.15, 0.2) is 0 Å². The molecule has 1 aliphatic carbocycles. The Bertz CT molecular complexity index is 1480. The molecule has 4 heterocycles. The first-order valence-corrected chi connectivity index (χ1v) is 14.0. The van der Waals surface area contributed by atoms with Crippen LogP contribution in [0.3, 0.4) is 0 Å². The van der Waals surface area contributed by atoms with E-state index in [1.54, 1.807) is 46.6 Å². The summed E-state index contributed by atoms with van der Waals surface area (Å²) in [4.78, 5) is 29.3. The average Bonchev–Trinajstić information content (AvgIpc) is 3.70. The van der Waals surface area contributed by atoms with Crippen molar-refractivity contribution in [1.82, 2.24) is 24.4 Å². The van der Waals surface area contributed by atoms with E-state index in [0.29, 0.717) is 42.7 Å². The molecule has 0 radical (unpaired) electrons. The lowest BCUT2D eigenvalue weighted by Gasteiger charge is -2.26. The van der Waals surface area contributed by atoms with Gasteiger partial charge in [-0.2, -0.15) is 0 Å². The molecular weight excluding hydrogens is 488 g/mol. The van der Waals surface area contributed by atoms with Gasteiger partial charge in [0.2, 0.25) is 5.95 Å². The van der Waals surface area contributed by atoms with E-state index in [1.807, 2.05) is 24.3 Å². The van der Waals surface area contributed by atoms with Crippen LogP contribution < -0.4 is 5.32 Å². The van der Waals surface area contributed by atoms with Crippen LogP contribution in [0.15, 0.2) is 60.0 Å². The van der Waals surface area contributed by atoms with Crippen molar-refractivity contribution in [2.75, 3.05) is 44.4 Å². The number of rotatable bonds is 7. The summed E-state index contributed by atoms with van der Waals surface area (Å²) in [6, 6.07) is 9.45. The predicted octanol–water partition coefficient (Wildman–Crippen LogP) is 3.51. The molecule has 1 atom stereocenters. The van der Waals surface area contributed by atoms with Crippen molar-refractivity contribution in [2.45, 2.75) is 17.7 Å². The maximum Gasteiger partial charge on any atom is 0.254 e. The van der Waals surface area contributed by atoms with Crippen molar-refractivity contribution in [1.29, 1.82) is 0 Å². The van der Waals surface area contributed by atoms with Gasteiger partial charge in [0, 0.05) is 72.9 Å². The topological polar surface area (TPSA) is 102 Å². The van der Waals surface area contributed by atoms with Crippen molar-refractivity contribution in [3.05, 3.63) is 60.7 Å². The molecular formula is C27H28N6O3S. The monoisotopic (exact) mass is 516 g/mol. The number of hydrogen-bond acceptors (Lipinski definition) is 7. The summed E-state index contributed by atoms with van der Waals surface area (Å²) >= 11 is 0. The zero-order valence-corrected chi connectivity index (χ0v) is 21.4. The van der Waals surface area contributed by atoms with Crippen LogP contribution in [0.5, 0.6) is 0 Å². The van der Waals surface area contributed by atoms with Crippen LogP contribution in [-0.4, -0.2) is 73.6 Å². The summed E-state index contributed by atoms with van der Waals surface area (Å²) in [6.45, 7) is 3.20. The van der Waals surface area contributed by atoms with Gasteiger partial charge in [-0.1, -0.05) is 6.07 Å². The molecule has 0 bridgehead atoms.